The number of aromatic nitrogens is 4. The monoisotopic (exact) mass is 403 g/mol. The van der Waals surface area contributed by atoms with E-state index in [9.17, 15) is 4.79 Å². The molecule has 3 aromatic rings. The predicted molar refractivity (Wildman–Crippen MR) is 106 cm³/mol. The van der Waals surface area contributed by atoms with E-state index in [-0.39, 0.29) is 11.7 Å². The van der Waals surface area contributed by atoms with E-state index in [1.807, 2.05) is 26.0 Å². The highest BCUT2D eigenvalue weighted by molar-refractivity contribution is 7.99. The van der Waals surface area contributed by atoms with E-state index >= 15 is 0 Å². The Morgan fingerprint density at radius 3 is 2.74 bits per heavy atom. The van der Waals surface area contributed by atoms with Gasteiger partial charge in [-0.2, -0.15) is 5.10 Å². The summed E-state index contributed by atoms with van der Waals surface area (Å²) in [4.78, 5) is 20.7. The first-order valence-electron chi connectivity index (χ1n) is 8.08. The molecule has 1 amide bonds. The van der Waals surface area contributed by atoms with Gasteiger partial charge in [0.1, 0.15) is 17.1 Å². The van der Waals surface area contributed by atoms with Crippen molar-refractivity contribution in [2.75, 3.05) is 18.2 Å². The molecule has 140 valence electrons. The fourth-order valence-corrected chi connectivity index (χ4v) is 3.39. The molecule has 0 radical (unpaired) electrons. The Morgan fingerprint density at radius 2 is 2.07 bits per heavy atom. The molecule has 2 aromatic heterocycles. The van der Waals surface area contributed by atoms with E-state index in [1.54, 1.807) is 22.9 Å². The number of amides is 1. The topological polar surface area (TPSA) is 81.9 Å². The van der Waals surface area contributed by atoms with Gasteiger partial charge in [-0.3, -0.25) is 4.79 Å². The average molecular weight is 404 g/mol. The van der Waals surface area contributed by atoms with Gasteiger partial charge in [-0.1, -0.05) is 23.4 Å². The zero-order valence-corrected chi connectivity index (χ0v) is 16.6. The fraction of sp³-hybridized carbons (Fsp3) is 0.222. The molecule has 0 aliphatic carbocycles. The number of halogens is 1. The summed E-state index contributed by atoms with van der Waals surface area (Å²) >= 11 is 7.39. The van der Waals surface area contributed by atoms with Crippen molar-refractivity contribution in [2.24, 2.45) is 0 Å². The summed E-state index contributed by atoms with van der Waals surface area (Å²) in [5, 5.41) is 8.34. The molecule has 0 spiro atoms. The molecule has 0 aliphatic heterocycles. The molecule has 27 heavy (non-hydrogen) atoms. The minimum Gasteiger partial charge on any atom is -0.495 e. The SMILES string of the molecule is COc1ccc(NC(=O)CSc2cc(-n3nc(C)cc3C)ncn2)cc1Cl. The smallest absolute Gasteiger partial charge is 0.234 e. The Labute approximate surface area is 166 Å². The molecule has 1 aromatic carbocycles. The average Bonchev–Trinajstić information content (AvgIpc) is 2.99. The molecule has 0 atom stereocenters. The molecule has 3 rings (SSSR count). The van der Waals surface area contributed by atoms with E-state index in [0.29, 0.717) is 27.3 Å². The van der Waals surface area contributed by atoms with Crippen LogP contribution in [0, 0.1) is 13.8 Å². The molecule has 0 saturated carbocycles. The van der Waals surface area contributed by atoms with Gasteiger partial charge in [-0.05, 0) is 38.1 Å². The van der Waals surface area contributed by atoms with Gasteiger partial charge >= 0.3 is 0 Å². The molecular weight excluding hydrogens is 386 g/mol. The van der Waals surface area contributed by atoms with Crippen LogP contribution in [0.5, 0.6) is 5.75 Å². The highest BCUT2D eigenvalue weighted by Gasteiger charge is 2.10. The Bertz CT molecular complexity index is 976. The molecular formula is C18H18ClN5O2S. The zero-order valence-electron chi connectivity index (χ0n) is 15.1. The number of thioether (sulfide) groups is 1. The third kappa shape index (κ3) is 4.78. The summed E-state index contributed by atoms with van der Waals surface area (Å²) in [6.07, 6.45) is 1.47. The number of methoxy groups -OCH3 is 1. The van der Waals surface area contributed by atoms with E-state index in [4.69, 9.17) is 16.3 Å². The van der Waals surface area contributed by atoms with Crippen LogP contribution in [0.25, 0.3) is 5.82 Å². The van der Waals surface area contributed by atoms with Crippen molar-refractivity contribution in [2.45, 2.75) is 18.9 Å². The lowest BCUT2D eigenvalue weighted by atomic mass is 10.3. The van der Waals surface area contributed by atoms with E-state index in [2.05, 4.69) is 20.4 Å². The maximum absolute atomic E-state index is 12.2. The lowest BCUT2D eigenvalue weighted by molar-refractivity contribution is -0.113. The standard InChI is InChI=1S/C18H18ClN5O2S/c1-11-6-12(2)24(23-11)16-8-18(21-10-20-16)27-9-17(25)22-13-4-5-15(26-3)14(19)7-13/h4-8,10H,9H2,1-3H3,(H,22,25). The number of hydrogen-bond donors (Lipinski definition) is 1. The van der Waals surface area contributed by atoms with Gasteiger partial charge in [0, 0.05) is 17.4 Å². The molecule has 0 aliphatic rings. The van der Waals surface area contributed by atoms with Crippen LogP contribution >= 0.6 is 23.4 Å². The second kappa shape index (κ2) is 8.41. The minimum absolute atomic E-state index is 0.160. The van der Waals surface area contributed by atoms with Gasteiger partial charge in [0.25, 0.3) is 0 Å². The number of nitrogens with zero attached hydrogens (tertiary/aromatic N) is 4. The summed E-state index contributed by atoms with van der Waals surface area (Å²) < 4.78 is 6.85. The van der Waals surface area contributed by atoms with Gasteiger partial charge in [-0.15, -0.1) is 0 Å². The predicted octanol–water partition coefficient (Wildman–Crippen LogP) is 3.67. The van der Waals surface area contributed by atoms with Crippen molar-refractivity contribution in [1.29, 1.82) is 0 Å². The van der Waals surface area contributed by atoms with Gasteiger partial charge in [0.15, 0.2) is 5.82 Å². The maximum Gasteiger partial charge on any atom is 0.234 e. The van der Waals surface area contributed by atoms with E-state index in [1.165, 1.54) is 25.2 Å². The summed E-state index contributed by atoms with van der Waals surface area (Å²) in [6.45, 7) is 3.89. The lowest BCUT2D eigenvalue weighted by Gasteiger charge is -2.08. The molecule has 2 heterocycles. The second-order valence-electron chi connectivity index (χ2n) is 5.74. The van der Waals surface area contributed by atoms with Crippen LogP contribution in [-0.4, -0.2) is 38.5 Å². The quantitative estimate of drug-likeness (QED) is 0.499. The van der Waals surface area contributed by atoms with Gasteiger partial charge < -0.3 is 10.1 Å². The summed E-state index contributed by atoms with van der Waals surface area (Å²) in [6, 6.07) is 8.87. The van der Waals surface area contributed by atoms with Crippen molar-refractivity contribution in [3.8, 4) is 11.6 Å². The third-order valence-corrected chi connectivity index (χ3v) is 4.86. The van der Waals surface area contributed by atoms with Crippen molar-refractivity contribution < 1.29 is 9.53 Å². The molecule has 7 nitrogen and oxygen atoms in total. The zero-order chi connectivity index (χ0) is 19.4. The number of carbonyl (C=O) groups is 1. The number of benzene rings is 1. The van der Waals surface area contributed by atoms with Crippen molar-refractivity contribution in [1.82, 2.24) is 19.7 Å². The van der Waals surface area contributed by atoms with E-state index < -0.39 is 0 Å². The molecule has 0 fully saturated rings. The van der Waals surface area contributed by atoms with Crippen molar-refractivity contribution >= 4 is 35.0 Å². The first-order valence-corrected chi connectivity index (χ1v) is 9.44. The molecule has 1 N–H and O–H groups in total. The molecule has 0 unspecified atom stereocenters. The number of nitrogens with one attached hydrogen (secondary N) is 1. The van der Waals surface area contributed by atoms with E-state index in [0.717, 1.165) is 11.4 Å². The lowest BCUT2D eigenvalue weighted by Crippen LogP contribution is -2.14. The highest BCUT2D eigenvalue weighted by atomic mass is 35.5. The Kier molecular flexibility index (Phi) is 5.98. The first kappa shape index (κ1) is 19.2. The Hall–Kier alpha value is -2.58. The van der Waals surface area contributed by atoms with Crippen molar-refractivity contribution in [3.63, 3.8) is 0 Å². The second-order valence-corrected chi connectivity index (χ2v) is 7.14. The number of ether oxygens (including phenoxy) is 1. The molecule has 0 bridgehead atoms. The minimum atomic E-state index is -0.160. The largest absolute Gasteiger partial charge is 0.495 e. The van der Waals surface area contributed by atoms with Gasteiger partial charge in [0.05, 0.1) is 23.6 Å². The summed E-state index contributed by atoms with van der Waals surface area (Å²) in [5.74, 6) is 1.27. The first-order chi connectivity index (χ1) is 13.0. The van der Waals surface area contributed by atoms with Crippen LogP contribution in [-0.2, 0) is 4.79 Å². The summed E-state index contributed by atoms with van der Waals surface area (Å²) in [7, 11) is 1.54. The third-order valence-electron chi connectivity index (χ3n) is 3.64. The number of rotatable bonds is 6. The molecule has 0 saturated heterocycles. The van der Waals surface area contributed by atoms with Crippen LogP contribution < -0.4 is 10.1 Å². The Morgan fingerprint density at radius 1 is 1.26 bits per heavy atom. The fourth-order valence-electron chi connectivity index (χ4n) is 2.47. The number of hydrogen-bond acceptors (Lipinski definition) is 6. The van der Waals surface area contributed by atoms with Gasteiger partial charge in [0.2, 0.25) is 5.91 Å². The number of anilines is 1. The molecule has 9 heteroatoms. The highest BCUT2D eigenvalue weighted by Crippen LogP contribution is 2.27. The summed E-state index contributed by atoms with van der Waals surface area (Å²) in [5.41, 5.74) is 2.51. The Balaban J connectivity index is 1.63. The number of carbonyl (C=O) groups excluding carboxylic acids is 1. The normalized spacial score (nSPS) is 10.7. The maximum atomic E-state index is 12.2. The van der Waals surface area contributed by atoms with Crippen LogP contribution in [0.4, 0.5) is 5.69 Å². The van der Waals surface area contributed by atoms with Crippen LogP contribution in [0.15, 0.2) is 41.7 Å². The van der Waals surface area contributed by atoms with Crippen LogP contribution in [0.3, 0.4) is 0 Å². The van der Waals surface area contributed by atoms with Crippen LogP contribution in [0.2, 0.25) is 5.02 Å². The number of aryl methyl sites for hydroxylation is 2. The van der Waals surface area contributed by atoms with Crippen LogP contribution in [0.1, 0.15) is 11.4 Å². The van der Waals surface area contributed by atoms with Gasteiger partial charge in [-0.25, -0.2) is 14.6 Å². The van der Waals surface area contributed by atoms with Crippen molar-refractivity contribution in [3.05, 3.63) is 53.1 Å².